The lowest BCUT2D eigenvalue weighted by atomic mass is 10.1. The van der Waals surface area contributed by atoms with E-state index in [1.54, 1.807) is 0 Å². The molecule has 37 heavy (non-hydrogen) atoms. The van der Waals surface area contributed by atoms with Crippen LogP contribution in [0.15, 0.2) is 0 Å². The Labute approximate surface area is 208 Å². The maximum absolute atomic E-state index is 12.6. The first kappa shape index (κ1) is 32.2. The number of aliphatic carboxylic acids is 1. The fourth-order valence-corrected chi connectivity index (χ4v) is 2.45. The maximum Gasteiger partial charge on any atom is 0.322 e. The molecule has 0 radical (unpaired) electrons. The first-order valence-corrected chi connectivity index (χ1v) is 10.4. The van der Waals surface area contributed by atoms with Crippen LogP contribution in [0.1, 0.15) is 19.3 Å². The molecule has 0 rings (SSSR count). The third-order valence-corrected chi connectivity index (χ3v) is 4.14. The van der Waals surface area contributed by atoms with Gasteiger partial charge < -0.3 is 54.6 Å². The highest BCUT2D eigenvalue weighted by Crippen LogP contribution is 1.99. The van der Waals surface area contributed by atoms with Crippen LogP contribution in [0.2, 0.25) is 0 Å². The van der Waals surface area contributed by atoms with Gasteiger partial charge in [-0.3, -0.25) is 43.2 Å². The van der Waals surface area contributed by atoms with Gasteiger partial charge in [0.15, 0.2) is 0 Å². The number of rotatable bonds is 17. The third kappa shape index (κ3) is 14.9. The second-order valence-corrected chi connectivity index (χ2v) is 7.41. The molecule has 14 N–H and O–H groups in total. The average Bonchev–Trinajstić information content (AvgIpc) is 2.77. The van der Waals surface area contributed by atoms with Crippen molar-refractivity contribution < 1.29 is 48.3 Å². The van der Waals surface area contributed by atoms with Crippen LogP contribution in [-0.4, -0.2) is 96.1 Å². The molecule has 19 heteroatoms. The van der Waals surface area contributed by atoms with Crippen LogP contribution in [0.4, 0.5) is 0 Å². The Hall–Kier alpha value is -4.81. The summed E-state index contributed by atoms with van der Waals surface area (Å²) in [5, 5.41) is 18.8. The lowest BCUT2D eigenvalue weighted by Gasteiger charge is -2.23. The molecule has 8 amide bonds. The van der Waals surface area contributed by atoms with E-state index in [0.29, 0.717) is 0 Å². The minimum absolute atomic E-state index is 0.577. The smallest absolute Gasteiger partial charge is 0.322 e. The summed E-state index contributed by atoms with van der Waals surface area (Å²) in [6, 6.07) is -4.79. The van der Waals surface area contributed by atoms with Gasteiger partial charge in [-0.25, -0.2) is 0 Å². The lowest BCUT2D eigenvalue weighted by molar-refractivity contribution is -0.138. The van der Waals surface area contributed by atoms with Crippen molar-refractivity contribution >= 4 is 53.2 Å². The van der Waals surface area contributed by atoms with E-state index in [-0.39, 0.29) is 0 Å². The summed E-state index contributed by atoms with van der Waals surface area (Å²) >= 11 is 0. The Morgan fingerprint density at radius 2 is 0.973 bits per heavy atom. The normalized spacial score (nSPS) is 12.6. The van der Waals surface area contributed by atoms with E-state index in [4.69, 9.17) is 28.0 Å². The van der Waals surface area contributed by atoms with Crippen molar-refractivity contribution in [3.63, 3.8) is 0 Å². The van der Waals surface area contributed by atoms with Gasteiger partial charge in [-0.1, -0.05) is 0 Å². The van der Waals surface area contributed by atoms with Gasteiger partial charge in [-0.15, -0.1) is 0 Å². The molecule has 3 atom stereocenters. The number of nitrogens with two attached hydrogens (primary N) is 4. The molecule has 0 fully saturated rings. The molecule has 0 aromatic rings. The number of carboxylic acids is 1. The zero-order chi connectivity index (χ0) is 28.7. The van der Waals surface area contributed by atoms with E-state index in [1.165, 1.54) is 0 Å². The quantitative estimate of drug-likeness (QED) is 0.0839. The first-order valence-electron chi connectivity index (χ1n) is 10.4. The number of primary amides is 3. The van der Waals surface area contributed by atoms with Crippen LogP contribution in [-0.2, 0) is 43.2 Å². The Kier molecular flexibility index (Phi) is 13.9. The minimum Gasteiger partial charge on any atom is -0.480 e. The molecule has 0 spiro atoms. The summed E-state index contributed by atoms with van der Waals surface area (Å²) in [6.45, 7) is -2.00. The predicted molar refractivity (Wildman–Crippen MR) is 120 cm³/mol. The largest absolute Gasteiger partial charge is 0.480 e. The van der Waals surface area contributed by atoms with Crippen molar-refractivity contribution in [2.75, 3.05) is 19.6 Å². The Balaban J connectivity index is 5.15. The summed E-state index contributed by atoms with van der Waals surface area (Å²) in [4.78, 5) is 104. The van der Waals surface area contributed by atoms with E-state index in [9.17, 15) is 43.2 Å². The summed E-state index contributed by atoms with van der Waals surface area (Å²) in [7, 11) is 0. The van der Waals surface area contributed by atoms with Crippen molar-refractivity contribution in [2.24, 2.45) is 22.9 Å². The SMILES string of the molecule is NC(=O)C[C@H](NC(=O)[C@H](CC(N)=O)NC(=O)[C@@H](N)CC(N)=O)C(=O)NCC(=O)NCC(=O)NCC(=O)O. The zero-order valence-electron chi connectivity index (χ0n) is 19.4. The van der Waals surface area contributed by atoms with E-state index < -0.39 is 110 Å². The number of carbonyl (C=O) groups excluding carboxylic acids is 8. The van der Waals surface area contributed by atoms with E-state index >= 15 is 0 Å². The summed E-state index contributed by atoms with van der Waals surface area (Å²) in [6.07, 6.45) is -2.08. The predicted octanol–water partition coefficient (Wildman–Crippen LogP) is -7.66. The number of nitrogens with one attached hydrogen (secondary N) is 5. The van der Waals surface area contributed by atoms with Crippen LogP contribution in [0.5, 0.6) is 0 Å². The van der Waals surface area contributed by atoms with Crippen molar-refractivity contribution in [3.05, 3.63) is 0 Å². The molecule has 0 aromatic carbocycles. The van der Waals surface area contributed by atoms with Gasteiger partial charge in [0.2, 0.25) is 47.3 Å². The molecule has 0 aliphatic carbocycles. The minimum atomic E-state index is -1.67. The standard InChI is InChI=1S/C18H29N9O10/c19-7(1-10(20)28)16(35)26-9(3-12(22)30)18(37)27-8(2-11(21)29)17(36)25-5-14(32)23-4-13(31)24-6-15(33)34/h7-9H,1-6,19H2,(H2,20,28)(H2,21,29)(H2,22,30)(H,23,32)(H,24,31)(H,25,36)(H,26,35)(H,27,37)(H,33,34)/t7-,8-,9-/m0/s1. The summed E-state index contributed by atoms with van der Waals surface area (Å²) in [5.74, 6) is -9.28. The zero-order valence-corrected chi connectivity index (χ0v) is 19.4. The van der Waals surface area contributed by atoms with Gasteiger partial charge >= 0.3 is 5.97 Å². The number of hydrogen-bond donors (Lipinski definition) is 10. The van der Waals surface area contributed by atoms with Gasteiger partial charge in [0.25, 0.3) is 0 Å². The van der Waals surface area contributed by atoms with Gasteiger partial charge in [0, 0.05) is 0 Å². The Morgan fingerprint density at radius 3 is 1.43 bits per heavy atom. The molecule has 0 aliphatic rings. The van der Waals surface area contributed by atoms with Crippen LogP contribution in [0.25, 0.3) is 0 Å². The second kappa shape index (κ2) is 16.0. The molecule has 19 nitrogen and oxygen atoms in total. The third-order valence-electron chi connectivity index (χ3n) is 4.14. The average molecular weight is 531 g/mol. The highest BCUT2D eigenvalue weighted by molar-refractivity contribution is 5.98. The van der Waals surface area contributed by atoms with Crippen molar-refractivity contribution in [2.45, 2.75) is 37.4 Å². The fraction of sp³-hybridized carbons (Fsp3) is 0.500. The van der Waals surface area contributed by atoms with E-state index in [1.807, 2.05) is 5.32 Å². The molecule has 0 saturated heterocycles. The van der Waals surface area contributed by atoms with Gasteiger partial charge in [-0.2, -0.15) is 0 Å². The van der Waals surface area contributed by atoms with Crippen LogP contribution < -0.4 is 49.5 Å². The second-order valence-electron chi connectivity index (χ2n) is 7.41. The molecule has 0 bridgehead atoms. The molecular formula is C18H29N9O10. The Bertz CT molecular complexity index is 939. The molecule has 206 valence electrons. The number of hydrogen-bond acceptors (Lipinski definition) is 10. The van der Waals surface area contributed by atoms with Crippen LogP contribution in [0, 0.1) is 0 Å². The number of carboxylic acid groups (broad SMARTS) is 1. The fourth-order valence-electron chi connectivity index (χ4n) is 2.45. The molecule has 0 aromatic heterocycles. The monoisotopic (exact) mass is 531 g/mol. The van der Waals surface area contributed by atoms with Gasteiger partial charge in [0.05, 0.1) is 38.4 Å². The summed E-state index contributed by atoms with van der Waals surface area (Å²) < 4.78 is 0. The van der Waals surface area contributed by atoms with Crippen molar-refractivity contribution in [1.29, 1.82) is 0 Å². The molecule has 0 unspecified atom stereocenters. The van der Waals surface area contributed by atoms with Gasteiger partial charge in [-0.05, 0) is 0 Å². The topological polar surface area (TPSA) is 338 Å². The van der Waals surface area contributed by atoms with Crippen LogP contribution >= 0.6 is 0 Å². The lowest BCUT2D eigenvalue weighted by Crippen LogP contribution is -2.57. The first-order chi connectivity index (χ1) is 17.1. The summed E-state index contributed by atoms with van der Waals surface area (Å²) in [5.41, 5.74) is 20.6. The van der Waals surface area contributed by atoms with Crippen LogP contribution in [0.3, 0.4) is 0 Å². The highest BCUT2D eigenvalue weighted by atomic mass is 16.4. The highest BCUT2D eigenvalue weighted by Gasteiger charge is 2.30. The molecule has 0 saturated carbocycles. The van der Waals surface area contributed by atoms with Crippen molar-refractivity contribution in [1.82, 2.24) is 26.6 Å². The number of amides is 8. The number of carbonyl (C=O) groups is 9. The van der Waals surface area contributed by atoms with E-state index in [2.05, 4.69) is 21.3 Å². The maximum atomic E-state index is 12.6. The van der Waals surface area contributed by atoms with E-state index in [0.717, 1.165) is 0 Å². The molecule has 0 aliphatic heterocycles. The molecular weight excluding hydrogens is 502 g/mol. The Morgan fingerprint density at radius 1 is 0.568 bits per heavy atom. The molecule has 0 heterocycles. The van der Waals surface area contributed by atoms with Crippen molar-refractivity contribution in [3.8, 4) is 0 Å². The van der Waals surface area contributed by atoms with Gasteiger partial charge in [0.1, 0.15) is 18.6 Å².